The maximum absolute atomic E-state index is 5.79. The molecule has 0 aliphatic carbocycles. The van der Waals surface area contributed by atoms with Gasteiger partial charge in [0.15, 0.2) is 0 Å². The van der Waals surface area contributed by atoms with E-state index in [0.29, 0.717) is 0 Å². The quantitative estimate of drug-likeness (QED) is 0.653. The monoisotopic (exact) mass is 154 g/mol. The molecule has 2 nitrogen and oxygen atoms in total. The Kier molecular flexibility index (Phi) is 2.80. The van der Waals surface area contributed by atoms with Gasteiger partial charge in [0.05, 0.1) is 0 Å². The molecule has 11 heavy (non-hydrogen) atoms. The van der Waals surface area contributed by atoms with Crippen LogP contribution in [0.5, 0.6) is 0 Å². The molecule has 1 rings (SSSR count). The molecule has 2 heteroatoms. The van der Waals surface area contributed by atoms with Gasteiger partial charge in [-0.25, -0.2) is 0 Å². The Labute approximate surface area is 69.1 Å². The molecule has 0 aromatic carbocycles. The number of allylic oxidation sites excluding steroid dienone is 1. The molecule has 0 saturated carbocycles. The highest BCUT2D eigenvalue weighted by Crippen LogP contribution is 2.19. The molecule has 0 aromatic rings. The highest BCUT2D eigenvalue weighted by molar-refractivity contribution is 5.02. The predicted octanol–water partition coefficient (Wildman–Crippen LogP) is 1.54. The maximum Gasteiger partial charge on any atom is 0.0245 e. The van der Waals surface area contributed by atoms with Crippen molar-refractivity contribution in [3.63, 3.8) is 0 Å². The smallest absolute Gasteiger partial charge is 0.0245 e. The van der Waals surface area contributed by atoms with Crippen LogP contribution >= 0.6 is 0 Å². The van der Waals surface area contributed by atoms with Crippen molar-refractivity contribution in [3.05, 3.63) is 11.9 Å². The van der Waals surface area contributed by atoms with Crippen molar-refractivity contribution in [1.29, 1.82) is 0 Å². The topological polar surface area (TPSA) is 29.3 Å². The first kappa shape index (κ1) is 8.44. The lowest BCUT2D eigenvalue weighted by molar-refractivity contribution is 0.285. The van der Waals surface area contributed by atoms with E-state index in [9.17, 15) is 0 Å². The number of nitrogens with zero attached hydrogens (tertiary/aromatic N) is 1. The molecule has 0 saturated heterocycles. The summed E-state index contributed by atoms with van der Waals surface area (Å²) in [6.07, 6.45) is 4.42. The van der Waals surface area contributed by atoms with Crippen LogP contribution in [-0.2, 0) is 0 Å². The molecule has 1 atom stereocenters. The fourth-order valence-electron chi connectivity index (χ4n) is 1.56. The minimum Gasteiger partial charge on any atom is -0.401 e. The molecule has 1 aliphatic heterocycles. The molecular formula is C9H18N2. The number of hydrogen-bond donors (Lipinski definition) is 1. The van der Waals surface area contributed by atoms with Crippen molar-refractivity contribution in [2.24, 2.45) is 11.7 Å². The summed E-state index contributed by atoms with van der Waals surface area (Å²) >= 11 is 0. The molecule has 1 aliphatic rings. The summed E-state index contributed by atoms with van der Waals surface area (Å²) in [6.45, 7) is 6.67. The van der Waals surface area contributed by atoms with Gasteiger partial charge in [-0.15, -0.1) is 0 Å². The van der Waals surface area contributed by atoms with Crippen LogP contribution in [0.3, 0.4) is 0 Å². The van der Waals surface area contributed by atoms with Crippen LogP contribution in [0.2, 0.25) is 0 Å². The van der Waals surface area contributed by atoms with Gasteiger partial charge in [0.1, 0.15) is 0 Å². The fourth-order valence-corrected chi connectivity index (χ4v) is 1.56. The SMILES string of the molecule is CCC1CC(N)=CN(CC)C1. The third-order valence-electron chi connectivity index (χ3n) is 2.35. The van der Waals surface area contributed by atoms with Crippen LogP contribution in [0.15, 0.2) is 11.9 Å². The number of hydrogen-bond acceptors (Lipinski definition) is 2. The molecule has 0 spiro atoms. The van der Waals surface area contributed by atoms with Gasteiger partial charge in [0.2, 0.25) is 0 Å². The molecule has 1 unspecified atom stereocenters. The van der Waals surface area contributed by atoms with E-state index in [1.54, 1.807) is 0 Å². The highest BCUT2D eigenvalue weighted by Gasteiger charge is 2.15. The van der Waals surface area contributed by atoms with E-state index in [4.69, 9.17) is 5.73 Å². The van der Waals surface area contributed by atoms with Crippen LogP contribution in [0.4, 0.5) is 0 Å². The number of rotatable bonds is 2. The van der Waals surface area contributed by atoms with E-state index in [-0.39, 0.29) is 0 Å². The maximum atomic E-state index is 5.79. The summed E-state index contributed by atoms with van der Waals surface area (Å²) in [5.74, 6) is 0.778. The van der Waals surface area contributed by atoms with E-state index >= 15 is 0 Å². The second-order valence-electron chi connectivity index (χ2n) is 3.27. The highest BCUT2D eigenvalue weighted by atomic mass is 15.1. The van der Waals surface area contributed by atoms with Gasteiger partial charge in [-0.2, -0.15) is 0 Å². The number of nitrogens with two attached hydrogens (primary N) is 1. The zero-order valence-electron chi connectivity index (χ0n) is 7.51. The summed E-state index contributed by atoms with van der Waals surface area (Å²) in [4.78, 5) is 2.30. The largest absolute Gasteiger partial charge is 0.401 e. The molecule has 2 N–H and O–H groups in total. The van der Waals surface area contributed by atoms with Crippen LogP contribution in [0, 0.1) is 5.92 Å². The average Bonchev–Trinajstić information content (AvgIpc) is 2.03. The molecule has 64 valence electrons. The Morgan fingerprint density at radius 3 is 2.91 bits per heavy atom. The molecule has 0 aromatic heterocycles. The molecule has 1 heterocycles. The summed E-state index contributed by atoms with van der Waals surface area (Å²) in [5.41, 5.74) is 6.83. The summed E-state index contributed by atoms with van der Waals surface area (Å²) in [5, 5.41) is 0. The Balaban J connectivity index is 2.53. The van der Waals surface area contributed by atoms with E-state index in [2.05, 4.69) is 24.9 Å². The average molecular weight is 154 g/mol. The molecule has 0 fully saturated rings. The third kappa shape index (κ3) is 2.14. The van der Waals surface area contributed by atoms with E-state index < -0.39 is 0 Å². The summed E-state index contributed by atoms with van der Waals surface area (Å²) < 4.78 is 0. The van der Waals surface area contributed by atoms with Gasteiger partial charge < -0.3 is 10.6 Å². The third-order valence-corrected chi connectivity index (χ3v) is 2.35. The lowest BCUT2D eigenvalue weighted by atomic mass is 9.97. The lowest BCUT2D eigenvalue weighted by Crippen LogP contribution is -2.31. The molecule has 0 bridgehead atoms. The van der Waals surface area contributed by atoms with Gasteiger partial charge in [-0.05, 0) is 19.3 Å². The molecule has 0 radical (unpaired) electrons. The molecule has 0 amide bonds. The first-order chi connectivity index (χ1) is 5.26. The summed E-state index contributed by atoms with van der Waals surface area (Å²) in [7, 11) is 0. The fraction of sp³-hybridized carbons (Fsp3) is 0.778. The second kappa shape index (κ2) is 3.65. The second-order valence-corrected chi connectivity index (χ2v) is 3.27. The van der Waals surface area contributed by atoms with Gasteiger partial charge >= 0.3 is 0 Å². The molecular weight excluding hydrogens is 136 g/mol. The lowest BCUT2D eigenvalue weighted by Gasteiger charge is -2.30. The first-order valence-electron chi connectivity index (χ1n) is 4.46. The Morgan fingerprint density at radius 1 is 1.64 bits per heavy atom. The zero-order chi connectivity index (χ0) is 8.27. The Hall–Kier alpha value is -0.660. The van der Waals surface area contributed by atoms with Crippen molar-refractivity contribution in [1.82, 2.24) is 4.90 Å². The van der Waals surface area contributed by atoms with Gasteiger partial charge in [-0.3, -0.25) is 0 Å². The Morgan fingerprint density at radius 2 is 2.36 bits per heavy atom. The van der Waals surface area contributed by atoms with E-state index in [1.807, 2.05) is 0 Å². The minimum atomic E-state index is 0.778. The van der Waals surface area contributed by atoms with Crippen molar-refractivity contribution in [3.8, 4) is 0 Å². The van der Waals surface area contributed by atoms with Crippen LogP contribution in [0.1, 0.15) is 26.7 Å². The standard InChI is InChI=1S/C9H18N2/c1-3-8-5-9(10)7-11(4-2)6-8/h7-8H,3-6,10H2,1-2H3. The first-order valence-corrected chi connectivity index (χ1v) is 4.46. The van der Waals surface area contributed by atoms with Crippen LogP contribution in [0.25, 0.3) is 0 Å². The van der Waals surface area contributed by atoms with Crippen LogP contribution in [-0.4, -0.2) is 18.0 Å². The Bertz CT molecular complexity index is 152. The van der Waals surface area contributed by atoms with E-state index in [0.717, 1.165) is 24.6 Å². The van der Waals surface area contributed by atoms with Crippen molar-refractivity contribution < 1.29 is 0 Å². The van der Waals surface area contributed by atoms with Gasteiger partial charge in [0, 0.05) is 25.0 Å². The van der Waals surface area contributed by atoms with Gasteiger partial charge in [-0.1, -0.05) is 13.3 Å². The van der Waals surface area contributed by atoms with Crippen LogP contribution < -0.4 is 5.73 Å². The van der Waals surface area contributed by atoms with Crippen molar-refractivity contribution in [2.45, 2.75) is 26.7 Å². The minimum absolute atomic E-state index is 0.778. The predicted molar refractivity (Wildman–Crippen MR) is 47.9 cm³/mol. The van der Waals surface area contributed by atoms with Gasteiger partial charge in [0.25, 0.3) is 0 Å². The van der Waals surface area contributed by atoms with Crippen molar-refractivity contribution >= 4 is 0 Å². The zero-order valence-corrected chi connectivity index (χ0v) is 7.51. The summed E-state index contributed by atoms with van der Waals surface area (Å²) in [6, 6.07) is 0. The normalized spacial score (nSPS) is 25.1. The van der Waals surface area contributed by atoms with Crippen molar-refractivity contribution in [2.75, 3.05) is 13.1 Å². The van der Waals surface area contributed by atoms with E-state index in [1.165, 1.54) is 13.0 Å².